The molecular weight excluding hydrogens is 430 g/mol. The molecule has 0 spiro atoms. The van der Waals surface area contributed by atoms with Crippen molar-refractivity contribution in [2.45, 2.75) is 12.1 Å². The molecule has 2 unspecified atom stereocenters. The lowest BCUT2D eigenvalue weighted by molar-refractivity contribution is 0.317. The summed E-state index contributed by atoms with van der Waals surface area (Å²) in [5.74, 6) is 1.08. The molecule has 144 valence electrons. The monoisotopic (exact) mass is 447 g/mol. The Morgan fingerprint density at radius 3 is 1.59 bits per heavy atom. The van der Waals surface area contributed by atoms with Gasteiger partial charge in [0.25, 0.3) is 0 Å². The Bertz CT molecular complexity index is 1000. The van der Waals surface area contributed by atoms with Gasteiger partial charge < -0.3 is 9.47 Å². The number of nitrogens with zero attached hydrogens (tertiary/aromatic N) is 3. The summed E-state index contributed by atoms with van der Waals surface area (Å²) < 4.78 is 12.6. The van der Waals surface area contributed by atoms with Crippen LogP contribution in [0.15, 0.2) is 87.3 Å². The third-order valence-corrected chi connectivity index (χ3v) is 5.36. The van der Waals surface area contributed by atoms with E-state index in [0.29, 0.717) is 36.4 Å². The molecule has 6 heteroatoms. The summed E-state index contributed by atoms with van der Waals surface area (Å²) in [7, 11) is 0. The van der Waals surface area contributed by atoms with Crippen molar-refractivity contribution < 1.29 is 9.47 Å². The summed E-state index contributed by atoms with van der Waals surface area (Å²) >= 11 is 3.57. The van der Waals surface area contributed by atoms with E-state index < -0.39 is 0 Å². The molecule has 0 N–H and O–H groups in total. The Labute approximate surface area is 177 Å². The van der Waals surface area contributed by atoms with E-state index >= 15 is 0 Å². The lowest BCUT2D eigenvalue weighted by Crippen LogP contribution is -2.10. The van der Waals surface area contributed by atoms with E-state index in [1.165, 1.54) is 0 Å². The third-order valence-electron chi connectivity index (χ3n) is 4.90. The molecule has 29 heavy (non-hydrogen) atoms. The second kappa shape index (κ2) is 7.79. The predicted octanol–water partition coefficient (Wildman–Crippen LogP) is 4.88. The van der Waals surface area contributed by atoms with Crippen LogP contribution in [0, 0.1) is 0 Å². The molecule has 2 atom stereocenters. The number of benzene rings is 2. The van der Waals surface area contributed by atoms with Gasteiger partial charge in [-0.25, -0.2) is 15.0 Å². The van der Waals surface area contributed by atoms with Crippen LogP contribution in [0.2, 0.25) is 0 Å². The van der Waals surface area contributed by atoms with E-state index in [9.17, 15) is 0 Å². The number of ether oxygens (including phenoxy) is 2. The standard InChI is InChI=1S/C23H18BrN3O2/c24-17-11-18(22-26-20(13-28-22)15-7-3-1-4-8-15)25-19(12-17)23-27-21(14-29-23)16-9-5-2-6-10-16/h1-12,20-21H,13-14H2. The van der Waals surface area contributed by atoms with Crippen molar-refractivity contribution >= 4 is 27.7 Å². The van der Waals surface area contributed by atoms with Crippen molar-refractivity contribution in [1.29, 1.82) is 0 Å². The van der Waals surface area contributed by atoms with Crippen LogP contribution in [-0.4, -0.2) is 30.0 Å². The maximum absolute atomic E-state index is 5.86. The van der Waals surface area contributed by atoms with E-state index in [-0.39, 0.29) is 12.1 Å². The minimum Gasteiger partial charge on any atom is -0.474 e. The van der Waals surface area contributed by atoms with Gasteiger partial charge in [0.2, 0.25) is 11.8 Å². The van der Waals surface area contributed by atoms with E-state index in [4.69, 9.17) is 24.4 Å². The first-order valence-corrected chi connectivity index (χ1v) is 10.2. The molecule has 0 fully saturated rings. The number of hydrogen-bond acceptors (Lipinski definition) is 5. The topological polar surface area (TPSA) is 56.1 Å². The molecule has 2 aliphatic heterocycles. The zero-order valence-electron chi connectivity index (χ0n) is 15.5. The lowest BCUT2D eigenvalue weighted by atomic mass is 10.1. The van der Waals surface area contributed by atoms with Crippen LogP contribution in [0.1, 0.15) is 34.6 Å². The van der Waals surface area contributed by atoms with E-state index in [1.807, 2.05) is 48.5 Å². The zero-order chi connectivity index (χ0) is 19.6. The lowest BCUT2D eigenvalue weighted by Gasteiger charge is -2.05. The van der Waals surface area contributed by atoms with E-state index in [2.05, 4.69) is 40.2 Å². The van der Waals surface area contributed by atoms with Gasteiger partial charge in [-0.05, 0) is 23.3 Å². The summed E-state index contributed by atoms with van der Waals surface area (Å²) in [5, 5.41) is 0. The summed E-state index contributed by atoms with van der Waals surface area (Å²) in [6.45, 7) is 1.02. The van der Waals surface area contributed by atoms with Gasteiger partial charge in [0, 0.05) is 4.47 Å². The van der Waals surface area contributed by atoms with E-state index in [0.717, 1.165) is 15.6 Å². The SMILES string of the molecule is Brc1cc(C2=NC(c3ccccc3)CO2)nc(C2=NC(c3ccccc3)CO2)c1. The highest BCUT2D eigenvalue weighted by Crippen LogP contribution is 2.28. The molecule has 5 nitrogen and oxygen atoms in total. The fourth-order valence-corrected chi connectivity index (χ4v) is 3.87. The second-order valence-corrected chi connectivity index (χ2v) is 7.81. The van der Waals surface area contributed by atoms with Gasteiger partial charge in [-0.1, -0.05) is 76.6 Å². The molecule has 1 aromatic heterocycles. The van der Waals surface area contributed by atoms with Crippen LogP contribution in [0.3, 0.4) is 0 Å². The van der Waals surface area contributed by atoms with Crippen LogP contribution in [0.4, 0.5) is 0 Å². The van der Waals surface area contributed by atoms with Crippen molar-refractivity contribution in [3.05, 3.63) is 99.8 Å². The molecule has 0 saturated carbocycles. The molecule has 5 rings (SSSR count). The number of halogens is 1. The van der Waals surface area contributed by atoms with Crippen LogP contribution >= 0.6 is 15.9 Å². The Morgan fingerprint density at radius 1 is 0.690 bits per heavy atom. The minimum absolute atomic E-state index is 0.0158. The van der Waals surface area contributed by atoms with Gasteiger partial charge in [-0.3, -0.25) is 0 Å². The molecule has 0 bridgehead atoms. The first kappa shape index (κ1) is 18.1. The zero-order valence-corrected chi connectivity index (χ0v) is 17.1. The van der Waals surface area contributed by atoms with Crippen molar-refractivity contribution in [2.75, 3.05) is 13.2 Å². The smallest absolute Gasteiger partial charge is 0.236 e. The van der Waals surface area contributed by atoms with Gasteiger partial charge in [-0.15, -0.1) is 0 Å². The average Bonchev–Trinajstić information content (AvgIpc) is 3.45. The number of aliphatic imine (C=N–C) groups is 2. The molecule has 0 radical (unpaired) electrons. The minimum atomic E-state index is -0.0158. The number of hydrogen-bond donors (Lipinski definition) is 0. The quantitative estimate of drug-likeness (QED) is 0.572. The Kier molecular flexibility index (Phi) is 4.86. The highest BCUT2D eigenvalue weighted by molar-refractivity contribution is 9.10. The largest absolute Gasteiger partial charge is 0.474 e. The predicted molar refractivity (Wildman–Crippen MR) is 115 cm³/mol. The number of aromatic nitrogens is 1. The number of pyridine rings is 1. The number of rotatable bonds is 4. The summed E-state index contributed by atoms with van der Waals surface area (Å²) in [6, 6.07) is 24.1. The first-order chi connectivity index (χ1) is 14.3. The third kappa shape index (κ3) is 3.80. The first-order valence-electron chi connectivity index (χ1n) is 9.46. The molecule has 2 aromatic carbocycles. The highest BCUT2D eigenvalue weighted by Gasteiger charge is 2.26. The maximum Gasteiger partial charge on any atom is 0.236 e. The highest BCUT2D eigenvalue weighted by atomic mass is 79.9. The van der Waals surface area contributed by atoms with Crippen LogP contribution in [0.5, 0.6) is 0 Å². The van der Waals surface area contributed by atoms with Gasteiger partial charge >= 0.3 is 0 Å². The fraction of sp³-hybridized carbons (Fsp3) is 0.174. The second-order valence-electron chi connectivity index (χ2n) is 6.90. The van der Waals surface area contributed by atoms with Crippen LogP contribution < -0.4 is 0 Å². The molecule has 3 aromatic rings. The molecular formula is C23H18BrN3O2. The van der Waals surface area contributed by atoms with Crippen molar-refractivity contribution in [3.63, 3.8) is 0 Å². The van der Waals surface area contributed by atoms with Gasteiger partial charge in [0.05, 0.1) is 0 Å². The van der Waals surface area contributed by atoms with Gasteiger partial charge in [0.1, 0.15) is 36.7 Å². The van der Waals surface area contributed by atoms with Crippen LogP contribution in [0.25, 0.3) is 0 Å². The molecule has 0 amide bonds. The van der Waals surface area contributed by atoms with Gasteiger partial charge in [-0.2, -0.15) is 0 Å². The summed E-state index contributed by atoms with van der Waals surface area (Å²) in [4.78, 5) is 14.2. The normalized spacial score (nSPS) is 20.6. The Hall–Kier alpha value is -2.99. The van der Waals surface area contributed by atoms with Gasteiger partial charge in [0.15, 0.2) is 0 Å². The van der Waals surface area contributed by atoms with Crippen molar-refractivity contribution in [3.8, 4) is 0 Å². The Balaban J connectivity index is 1.43. The molecule has 0 saturated heterocycles. The van der Waals surface area contributed by atoms with Crippen molar-refractivity contribution in [2.24, 2.45) is 9.98 Å². The maximum atomic E-state index is 5.86. The summed E-state index contributed by atoms with van der Waals surface area (Å²) in [6.07, 6.45) is 0. The molecule has 0 aliphatic carbocycles. The fourth-order valence-electron chi connectivity index (χ4n) is 3.44. The molecule has 3 heterocycles. The Morgan fingerprint density at radius 2 is 1.14 bits per heavy atom. The average molecular weight is 448 g/mol. The van der Waals surface area contributed by atoms with Crippen LogP contribution in [-0.2, 0) is 9.47 Å². The summed E-state index contributed by atoms with van der Waals surface area (Å²) in [5.41, 5.74) is 3.60. The van der Waals surface area contributed by atoms with E-state index in [1.54, 1.807) is 0 Å². The van der Waals surface area contributed by atoms with Crippen molar-refractivity contribution in [1.82, 2.24) is 4.98 Å². The molecule has 2 aliphatic rings.